The molecule has 0 aromatic carbocycles. The van der Waals surface area contributed by atoms with E-state index in [1.54, 1.807) is 24.0 Å². The molecule has 0 bridgehead atoms. The van der Waals surface area contributed by atoms with Gasteiger partial charge in [-0.2, -0.15) is 15.5 Å². The van der Waals surface area contributed by atoms with E-state index in [9.17, 15) is 10.1 Å². The third-order valence-electron chi connectivity index (χ3n) is 6.76. The summed E-state index contributed by atoms with van der Waals surface area (Å²) in [5.74, 6) is 1.24. The topological polar surface area (TPSA) is 128 Å². The van der Waals surface area contributed by atoms with Gasteiger partial charge in [0, 0.05) is 55.6 Å². The molecule has 4 aromatic rings. The molecule has 11 nitrogen and oxygen atoms in total. The van der Waals surface area contributed by atoms with Gasteiger partial charge in [0.2, 0.25) is 5.88 Å². The standard InChI is InChI=1S/C25H29N9O2/c1-25(2,15-26)33-14-16(12-29-33)24-19-13-28-21(27-3)11-20(19)34(31-24)17-5-7-18(8-6-17)36-22-9-10-23(35)32(4)30-22/h9-14,17-18H,5-8H2,1-4H3,(H,27,28). The minimum atomic E-state index is -0.757. The number of aromatic nitrogens is 7. The third-order valence-corrected chi connectivity index (χ3v) is 6.76. The second kappa shape index (κ2) is 9.11. The number of nitrogens with zero attached hydrogens (tertiary/aromatic N) is 8. The average molecular weight is 488 g/mol. The first-order valence-corrected chi connectivity index (χ1v) is 12.0. The minimum absolute atomic E-state index is 0.0357. The Morgan fingerprint density at radius 1 is 1.17 bits per heavy atom. The quantitative estimate of drug-likeness (QED) is 0.439. The summed E-state index contributed by atoms with van der Waals surface area (Å²) < 4.78 is 11.1. The van der Waals surface area contributed by atoms with E-state index < -0.39 is 5.54 Å². The van der Waals surface area contributed by atoms with Crippen molar-refractivity contribution in [2.45, 2.75) is 57.2 Å². The zero-order valence-corrected chi connectivity index (χ0v) is 20.8. The second-order valence-corrected chi connectivity index (χ2v) is 9.66. The van der Waals surface area contributed by atoms with Crippen molar-refractivity contribution in [2.75, 3.05) is 12.4 Å². The largest absolute Gasteiger partial charge is 0.473 e. The summed E-state index contributed by atoms with van der Waals surface area (Å²) in [7, 11) is 3.46. The Morgan fingerprint density at radius 3 is 2.64 bits per heavy atom. The van der Waals surface area contributed by atoms with E-state index >= 15 is 0 Å². The molecule has 1 N–H and O–H groups in total. The molecule has 0 amide bonds. The van der Waals surface area contributed by atoms with Gasteiger partial charge in [-0.15, -0.1) is 5.10 Å². The zero-order valence-electron chi connectivity index (χ0n) is 20.8. The van der Waals surface area contributed by atoms with Gasteiger partial charge in [0.25, 0.3) is 5.56 Å². The van der Waals surface area contributed by atoms with Gasteiger partial charge < -0.3 is 10.1 Å². The maximum Gasteiger partial charge on any atom is 0.266 e. The molecule has 36 heavy (non-hydrogen) atoms. The number of pyridine rings is 1. The summed E-state index contributed by atoms with van der Waals surface area (Å²) >= 11 is 0. The Hall–Kier alpha value is -4.20. The fourth-order valence-electron chi connectivity index (χ4n) is 4.58. The first kappa shape index (κ1) is 23.5. The van der Waals surface area contributed by atoms with Gasteiger partial charge in [-0.3, -0.25) is 14.2 Å². The monoisotopic (exact) mass is 487 g/mol. The molecule has 11 heteroatoms. The van der Waals surface area contributed by atoms with Gasteiger partial charge in [0.15, 0.2) is 0 Å². The SMILES string of the molecule is CNc1cc2c(cn1)c(-c1cnn(C(C)(C)C#N)c1)nn2C1CCC(Oc2ccc(=O)n(C)n2)CC1. The van der Waals surface area contributed by atoms with Gasteiger partial charge in [0.05, 0.1) is 23.8 Å². The van der Waals surface area contributed by atoms with Gasteiger partial charge in [-0.25, -0.2) is 9.67 Å². The number of rotatable bonds is 6. The molecule has 0 atom stereocenters. The highest BCUT2D eigenvalue weighted by Gasteiger charge is 2.28. The number of hydrogen-bond donors (Lipinski definition) is 1. The number of fused-ring (bicyclic) bond motifs is 1. The molecule has 0 spiro atoms. The molecule has 4 heterocycles. The van der Waals surface area contributed by atoms with Crippen LogP contribution in [0.2, 0.25) is 0 Å². The number of nitriles is 1. The molecule has 0 radical (unpaired) electrons. The first-order chi connectivity index (χ1) is 17.3. The maximum absolute atomic E-state index is 11.6. The van der Waals surface area contributed by atoms with Crippen LogP contribution in [-0.4, -0.2) is 47.5 Å². The lowest BCUT2D eigenvalue weighted by Gasteiger charge is -2.29. The van der Waals surface area contributed by atoms with Crippen LogP contribution in [0.4, 0.5) is 5.82 Å². The third kappa shape index (κ3) is 4.30. The van der Waals surface area contributed by atoms with Crippen LogP contribution in [0.3, 0.4) is 0 Å². The summed E-state index contributed by atoms with van der Waals surface area (Å²) in [4.78, 5) is 16.1. The summed E-state index contributed by atoms with van der Waals surface area (Å²) in [6.45, 7) is 3.65. The highest BCUT2D eigenvalue weighted by Crippen LogP contribution is 2.36. The van der Waals surface area contributed by atoms with Gasteiger partial charge >= 0.3 is 0 Å². The van der Waals surface area contributed by atoms with Crippen molar-refractivity contribution in [3.05, 3.63) is 47.1 Å². The van der Waals surface area contributed by atoms with E-state index in [-0.39, 0.29) is 17.7 Å². The van der Waals surface area contributed by atoms with E-state index in [0.717, 1.165) is 53.7 Å². The number of anilines is 1. The van der Waals surface area contributed by atoms with Crippen LogP contribution in [0, 0.1) is 11.3 Å². The summed E-state index contributed by atoms with van der Waals surface area (Å²) in [5.41, 5.74) is 1.73. The van der Waals surface area contributed by atoms with Crippen molar-refractivity contribution in [2.24, 2.45) is 7.05 Å². The van der Waals surface area contributed by atoms with Crippen LogP contribution in [0.5, 0.6) is 5.88 Å². The number of ether oxygens (including phenoxy) is 1. The molecule has 0 unspecified atom stereocenters. The molecule has 5 rings (SSSR count). The molecular formula is C25H29N9O2. The Morgan fingerprint density at radius 2 is 1.94 bits per heavy atom. The van der Waals surface area contributed by atoms with Crippen LogP contribution in [0.1, 0.15) is 45.6 Å². The lowest BCUT2D eigenvalue weighted by molar-refractivity contribution is 0.123. The highest BCUT2D eigenvalue weighted by molar-refractivity contribution is 5.93. The van der Waals surface area contributed by atoms with Crippen molar-refractivity contribution in [1.82, 2.24) is 34.3 Å². The Bertz CT molecular complexity index is 1500. The normalized spacial score (nSPS) is 18.2. The molecule has 1 aliphatic carbocycles. The van der Waals surface area contributed by atoms with Crippen LogP contribution in [-0.2, 0) is 12.6 Å². The molecule has 186 valence electrons. The summed E-state index contributed by atoms with van der Waals surface area (Å²) in [6.07, 6.45) is 8.98. The highest BCUT2D eigenvalue weighted by atomic mass is 16.5. The van der Waals surface area contributed by atoms with Gasteiger partial charge in [-0.1, -0.05) is 0 Å². The molecule has 0 aliphatic heterocycles. The molecular weight excluding hydrogens is 458 g/mol. The van der Waals surface area contributed by atoms with Crippen molar-refractivity contribution < 1.29 is 4.74 Å². The number of nitrogens with one attached hydrogen (secondary N) is 1. The van der Waals surface area contributed by atoms with Crippen molar-refractivity contribution in [3.8, 4) is 23.2 Å². The summed E-state index contributed by atoms with van der Waals surface area (Å²) in [6, 6.07) is 7.60. The predicted octanol–water partition coefficient (Wildman–Crippen LogP) is 3.25. The van der Waals surface area contributed by atoms with Crippen molar-refractivity contribution in [1.29, 1.82) is 5.26 Å². The lowest BCUT2D eigenvalue weighted by atomic mass is 9.93. The lowest BCUT2D eigenvalue weighted by Crippen LogP contribution is -2.27. The van der Waals surface area contributed by atoms with Crippen LogP contribution >= 0.6 is 0 Å². The van der Waals surface area contributed by atoms with E-state index in [0.29, 0.717) is 5.88 Å². The molecule has 1 saturated carbocycles. The molecule has 4 aromatic heterocycles. The smallest absolute Gasteiger partial charge is 0.266 e. The molecule has 1 aliphatic rings. The van der Waals surface area contributed by atoms with E-state index in [4.69, 9.17) is 9.84 Å². The first-order valence-electron chi connectivity index (χ1n) is 12.0. The van der Waals surface area contributed by atoms with Crippen LogP contribution in [0.25, 0.3) is 22.2 Å². The van der Waals surface area contributed by atoms with Crippen LogP contribution in [0.15, 0.2) is 41.6 Å². The fraction of sp³-hybridized carbons (Fsp3) is 0.440. The second-order valence-electron chi connectivity index (χ2n) is 9.66. The summed E-state index contributed by atoms with van der Waals surface area (Å²) in [5, 5.41) is 27.2. The average Bonchev–Trinajstić information content (AvgIpc) is 3.52. The maximum atomic E-state index is 11.6. The van der Waals surface area contributed by atoms with Gasteiger partial charge in [0.1, 0.15) is 23.2 Å². The fourth-order valence-corrected chi connectivity index (χ4v) is 4.58. The Balaban J connectivity index is 1.42. The van der Waals surface area contributed by atoms with E-state index in [1.807, 2.05) is 39.4 Å². The number of hydrogen-bond acceptors (Lipinski definition) is 8. The zero-order chi connectivity index (χ0) is 25.4. The Labute approximate surface area is 208 Å². The predicted molar refractivity (Wildman–Crippen MR) is 135 cm³/mol. The van der Waals surface area contributed by atoms with E-state index in [2.05, 4.69) is 31.2 Å². The van der Waals surface area contributed by atoms with E-state index in [1.165, 1.54) is 10.7 Å². The minimum Gasteiger partial charge on any atom is -0.473 e. The number of aryl methyl sites for hydroxylation is 1. The van der Waals surface area contributed by atoms with Crippen molar-refractivity contribution >= 4 is 16.7 Å². The molecule has 1 fully saturated rings. The molecule has 0 saturated heterocycles. The Kier molecular flexibility index (Phi) is 5.96. The van der Waals surface area contributed by atoms with Crippen molar-refractivity contribution in [3.63, 3.8) is 0 Å². The van der Waals surface area contributed by atoms with Gasteiger partial charge in [-0.05, 0) is 39.5 Å². The van der Waals surface area contributed by atoms with Crippen LogP contribution < -0.4 is 15.6 Å².